The van der Waals surface area contributed by atoms with Crippen LogP contribution in [0.4, 0.5) is 5.95 Å². The maximum absolute atomic E-state index is 5.05. The lowest BCUT2D eigenvalue weighted by Crippen LogP contribution is -2.46. The SMILES string of the molecule is COc1cnc(N(C)CCN2CCNCC2)nc1. The molecule has 0 saturated carbocycles. The van der Waals surface area contributed by atoms with E-state index in [0.29, 0.717) is 5.75 Å². The van der Waals surface area contributed by atoms with Gasteiger partial charge in [0.1, 0.15) is 0 Å². The summed E-state index contributed by atoms with van der Waals surface area (Å²) in [5, 5.41) is 3.35. The molecule has 1 N–H and O–H groups in total. The fraction of sp³-hybridized carbons (Fsp3) is 0.667. The smallest absolute Gasteiger partial charge is 0.225 e. The minimum absolute atomic E-state index is 0.689. The summed E-state index contributed by atoms with van der Waals surface area (Å²) in [6.45, 7) is 6.40. The van der Waals surface area contributed by atoms with Gasteiger partial charge in [-0.05, 0) is 0 Å². The van der Waals surface area contributed by atoms with Gasteiger partial charge in [0, 0.05) is 46.3 Å². The van der Waals surface area contributed by atoms with Gasteiger partial charge in [0.05, 0.1) is 19.5 Å². The number of nitrogens with zero attached hydrogens (tertiary/aromatic N) is 4. The van der Waals surface area contributed by atoms with Crippen molar-refractivity contribution in [3.63, 3.8) is 0 Å². The molecule has 1 aliphatic heterocycles. The first kappa shape index (κ1) is 13.0. The number of anilines is 1. The molecule has 1 aromatic heterocycles. The Bertz CT molecular complexity index is 350. The van der Waals surface area contributed by atoms with Crippen molar-refractivity contribution in [2.45, 2.75) is 0 Å². The Morgan fingerprint density at radius 1 is 1.33 bits per heavy atom. The zero-order chi connectivity index (χ0) is 12.8. The standard InChI is InChI=1S/C12H21N5O/c1-16(7-8-17-5-3-13-4-6-17)12-14-9-11(18-2)10-15-12/h9-10,13H,3-8H2,1-2H3. The monoisotopic (exact) mass is 251 g/mol. The largest absolute Gasteiger partial charge is 0.494 e. The van der Waals surface area contributed by atoms with Crippen molar-refractivity contribution in [1.29, 1.82) is 0 Å². The van der Waals surface area contributed by atoms with Crippen molar-refractivity contribution < 1.29 is 4.74 Å². The molecule has 0 aromatic carbocycles. The Kier molecular flexibility index (Phi) is 4.72. The number of likely N-dealkylation sites (N-methyl/N-ethyl adjacent to an activating group) is 1. The molecule has 100 valence electrons. The first-order chi connectivity index (χ1) is 8.79. The van der Waals surface area contributed by atoms with Crippen molar-refractivity contribution in [2.75, 3.05) is 58.3 Å². The van der Waals surface area contributed by atoms with Crippen LogP contribution in [0.25, 0.3) is 0 Å². The van der Waals surface area contributed by atoms with Gasteiger partial charge in [0.25, 0.3) is 0 Å². The van der Waals surface area contributed by atoms with Crippen LogP contribution < -0.4 is 15.0 Å². The number of ether oxygens (including phenoxy) is 1. The highest BCUT2D eigenvalue weighted by atomic mass is 16.5. The van der Waals surface area contributed by atoms with Crippen LogP contribution in [0.1, 0.15) is 0 Å². The Morgan fingerprint density at radius 3 is 2.61 bits per heavy atom. The molecule has 0 atom stereocenters. The fourth-order valence-corrected chi connectivity index (χ4v) is 1.94. The molecule has 2 heterocycles. The Morgan fingerprint density at radius 2 is 2.00 bits per heavy atom. The van der Waals surface area contributed by atoms with Crippen LogP contribution in [0.5, 0.6) is 5.75 Å². The van der Waals surface area contributed by atoms with Crippen LogP contribution in [-0.2, 0) is 0 Å². The fourth-order valence-electron chi connectivity index (χ4n) is 1.94. The average molecular weight is 251 g/mol. The van der Waals surface area contributed by atoms with Crippen molar-refractivity contribution >= 4 is 5.95 Å². The average Bonchev–Trinajstić information content (AvgIpc) is 2.46. The van der Waals surface area contributed by atoms with E-state index in [1.54, 1.807) is 19.5 Å². The zero-order valence-electron chi connectivity index (χ0n) is 11.1. The maximum Gasteiger partial charge on any atom is 0.225 e. The molecular weight excluding hydrogens is 230 g/mol. The number of rotatable bonds is 5. The van der Waals surface area contributed by atoms with E-state index in [2.05, 4.69) is 25.1 Å². The summed E-state index contributed by atoms with van der Waals surface area (Å²) in [6.07, 6.45) is 3.40. The Hall–Kier alpha value is -1.40. The minimum Gasteiger partial charge on any atom is -0.494 e. The summed E-state index contributed by atoms with van der Waals surface area (Å²) in [7, 11) is 3.64. The number of hydrogen-bond donors (Lipinski definition) is 1. The third-order valence-corrected chi connectivity index (χ3v) is 3.15. The lowest BCUT2D eigenvalue weighted by atomic mass is 10.3. The summed E-state index contributed by atoms with van der Waals surface area (Å²) >= 11 is 0. The summed E-state index contributed by atoms with van der Waals surface area (Å²) in [5.41, 5.74) is 0. The Labute approximate surface area is 108 Å². The van der Waals surface area contributed by atoms with Gasteiger partial charge in [-0.15, -0.1) is 0 Å². The highest BCUT2D eigenvalue weighted by molar-refractivity contribution is 5.29. The van der Waals surface area contributed by atoms with Crippen LogP contribution in [-0.4, -0.2) is 68.3 Å². The van der Waals surface area contributed by atoms with Gasteiger partial charge < -0.3 is 15.0 Å². The molecule has 1 aliphatic rings. The second-order valence-corrected chi connectivity index (χ2v) is 4.44. The van der Waals surface area contributed by atoms with E-state index in [1.807, 2.05) is 7.05 Å². The molecule has 0 bridgehead atoms. The Balaban J connectivity index is 1.80. The molecule has 0 aliphatic carbocycles. The first-order valence-electron chi connectivity index (χ1n) is 6.30. The predicted molar refractivity (Wildman–Crippen MR) is 71.2 cm³/mol. The molecule has 0 radical (unpaired) electrons. The molecule has 6 heteroatoms. The van der Waals surface area contributed by atoms with E-state index in [0.717, 1.165) is 45.2 Å². The number of piperazine rings is 1. The van der Waals surface area contributed by atoms with Crippen molar-refractivity contribution in [3.05, 3.63) is 12.4 Å². The second kappa shape index (κ2) is 6.51. The zero-order valence-corrected chi connectivity index (χ0v) is 11.1. The van der Waals surface area contributed by atoms with Crippen molar-refractivity contribution in [2.24, 2.45) is 0 Å². The topological polar surface area (TPSA) is 53.5 Å². The quantitative estimate of drug-likeness (QED) is 0.784. The number of hydrogen-bond acceptors (Lipinski definition) is 6. The minimum atomic E-state index is 0.689. The molecule has 2 rings (SSSR count). The van der Waals surface area contributed by atoms with E-state index in [4.69, 9.17) is 4.74 Å². The predicted octanol–water partition coefficient (Wildman–Crippen LogP) is -0.173. The molecule has 1 aromatic rings. The van der Waals surface area contributed by atoms with E-state index >= 15 is 0 Å². The summed E-state index contributed by atoms with van der Waals surface area (Å²) in [4.78, 5) is 13.1. The van der Waals surface area contributed by atoms with Gasteiger partial charge in [-0.25, -0.2) is 9.97 Å². The van der Waals surface area contributed by atoms with Gasteiger partial charge >= 0.3 is 0 Å². The number of nitrogens with one attached hydrogen (secondary N) is 1. The van der Waals surface area contributed by atoms with Crippen molar-refractivity contribution in [1.82, 2.24) is 20.2 Å². The number of aromatic nitrogens is 2. The highest BCUT2D eigenvalue weighted by Gasteiger charge is 2.11. The molecule has 1 saturated heterocycles. The molecule has 0 amide bonds. The third kappa shape index (κ3) is 3.54. The van der Waals surface area contributed by atoms with Gasteiger partial charge in [0.2, 0.25) is 5.95 Å². The lowest BCUT2D eigenvalue weighted by Gasteiger charge is -2.29. The molecule has 1 fully saturated rings. The van der Waals surface area contributed by atoms with Gasteiger partial charge in [-0.3, -0.25) is 4.90 Å². The van der Waals surface area contributed by atoms with Crippen LogP contribution in [0.3, 0.4) is 0 Å². The van der Waals surface area contributed by atoms with E-state index in [1.165, 1.54) is 0 Å². The summed E-state index contributed by atoms with van der Waals surface area (Å²) < 4.78 is 5.05. The van der Waals surface area contributed by atoms with E-state index < -0.39 is 0 Å². The normalized spacial score (nSPS) is 16.6. The molecule has 0 spiro atoms. The third-order valence-electron chi connectivity index (χ3n) is 3.15. The van der Waals surface area contributed by atoms with E-state index in [-0.39, 0.29) is 0 Å². The molecule has 0 unspecified atom stereocenters. The van der Waals surface area contributed by atoms with Crippen molar-refractivity contribution in [3.8, 4) is 5.75 Å². The second-order valence-electron chi connectivity index (χ2n) is 4.44. The van der Waals surface area contributed by atoms with Crippen LogP contribution in [0, 0.1) is 0 Å². The van der Waals surface area contributed by atoms with Gasteiger partial charge in [-0.1, -0.05) is 0 Å². The summed E-state index contributed by atoms with van der Waals surface area (Å²) in [6, 6.07) is 0. The molecule has 18 heavy (non-hydrogen) atoms. The van der Waals surface area contributed by atoms with Gasteiger partial charge in [-0.2, -0.15) is 0 Å². The van der Waals surface area contributed by atoms with E-state index in [9.17, 15) is 0 Å². The molecular formula is C12H21N5O. The van der Waals surface area contributed by atoms with Crippen LogP contribution in [0.2, 0.25) is 0 Å². The summed E-state index contributed by atoms with van der Waals surface area (Å²) in [5.74, 6) is 1.43. The first-order valence-corrected chi connectivity index (χ1v) is 6.30. The highest BCUT2D eigenvalue weighted by Crippen LogP contribution is 2.10. The lowest BCUT2D eigenvalue weighted by molar-refractivity contribution is 0.246. The van der Waals surface area contributed by atoms with Crippen LogP contribution in [0.15, 0.2) is 12.4 Å². The van der Waals surface area contributed by atoms with Gasteiger partial charge in [0.15, 0.2) is 5.75 Å². The maximum atomic E-state index is 5.05. The van der Waals surface area contributed by atoms with Crippen LogP contribution >= 0.6 is 0 Å². The molecule has 6 nitrogen and oxygen atoms in total. The number of methoxy groups -OCH3 is 1.